The molecule has 0 aliphatic rings. The summed E-state index contributed by atoms with van der Waals surface area (Å²) in [6.45, 7) is 1.82. The highest BCUT2D eigenvalue weighted by Gasteiger charge is 2.14. The molecule has 0 aliphatic heterocycles. The van der Waals surface area contributed by atoms with Gasteiger partial charge in [-0.15, -0.1) is 0 Å². The van der Waals surface area contributed by atoms with Crippen LogP contribution in [0.2, 0.25) is 0 Å². The molecule has 0 spiro atoms. The number of benzene rings is 1. The molecule has 1 aromatic carbocycles. The number of nitrogens with two attached hydrogens (primary N) is 1. The summed E-state index contributed by atoms with van der Waals surface area (Å²) in [6.07, 6.45) is 3.32. The summed E-state index contributed by atoms with van der Waals surface area (Å²) in [5.74, 6) is -0.901. The molecule has 0 unspecified atom stereocenters. The van der Waals surface area contributed by atoms with Crippen LogP contribution in [0.1, 0.15) is 28.9 Å². The zero-order valence-corrected chi connectivity index (χ0v) is 10.4. The molecule has 5 heteroatoms. The Balaban J connectivity index is 2.15. The average Bonchev–Trinajstić information content (AvgIpc) is 2.42. The molecule has 1 aromatic heterocycles. The molecule has 98 valence electrons. The van der Waals surface area contributed by atoms with Crippen LogP contribution in [0.15, 0.2) is 42.7 Å². The Morgan fingerprint density at radius 3 is 2.89 bits per heavy atom. The van der Waals surface area contributed by atoms with E-state index in [1.807, 2.05) is 13.0 Å². The fourth-order valence-electron chi connectivity index (χ4n) is 1.71. The van der Waals surface area contributed by atoms with Crippen LogP contribution in [-0.2, 0) is 0 Å². The van der Waals surface area contributed by atoms with Gasteiger partial charge in [0.05, 0.1) is 11.6 Å². The number of anilines is 1. The molecule has 0 radical (unpaired) electrons. The number of nitrogen functional groups attached to an aromatic ring is 1. The fourth-order valence-corrected chi connectivity index (χ4v) is 1.71. The van der Waals surface area contributed by atoms with Crippen LogP contribution >= 0.6 is 0 Å². The monoisotopic (exact) mass is 259 g/mol. The average molecular weight is 259 g/mol. The quantitative estimate of drug-likeness (QED) is 0.831. The summed E-state index contributed by atoms with van der Waals surface area (Å²) < 4.78 is 13.1. The molecule has 1 heterocycles. The maximum atomic E-state index is 13.1. The molecule has 19 heavy (non-hydrogen) atoms. The molecule has 4 nitrogen and oxygen atoms in total. The lowest BCUT2D eigenvalue weighted by Gasteiger charge is -2.14. The lowest BCUT2D eigenvalue weighted by molar-refractivity contribution is 0.0940. The van der Waals surface area contributed by atoms with Gasteiger partial charge in [-0.25, -0.2) is 4.39 Å². The van der Waals surface area contributed by atoms with Gasteiger partial charge in [0, 0.05) is 18.1 Å². The predicted octanol–water partition coefficient (Wildman–Crippen LogP) is 2.29. The molecule has 1 amide bonds. The van der Waals surface area contributed by atoms with Crippen LogP contribution in [0, 0.1) is 5.82 Å². The molecule has 0 saturated heterocycles. The Labute approximate surface area is 110 Å². The van der Waals surface area contributed by atoms with E-state index in [0.717, 1.165) is 11.6 Å². The zero-order valence-electron chi connectivity index (χ0n) is 10.4. The van der Waals surface area contributed by atoms with E-state index in [2.05, 4.69) is 10.3 Å². The van der Waals surface area contributed by atoms with Crippen molar-refractivity contribution >= 4 is 11.6 Å². The van der Waals surface area contributed by atoms with Gasteiger partial charge in [-0.2, -0.15) is 0 Å². The van der Waals surface area contributed by atoms with Gasteiger partial charge in [-0.05, 0) is 36.8 Å². The number of rotatable bonds is 3. The lowest BCUT2D eigenvalue weighted by Crippen LogP contribution is -2.27. The zero-order chi connectivity index (χ0) is 13.8. The summed E-state index contributed by atoms with van der Waals surface area (Å²) in [5, 5.41) is 2.75. The van der Waals surface area contributed by atoms with Crippen LogP contribution in [0.3, 0.4) is 0 Å². The first-order valence-electron chi connectivity index (χ1n) is 5.83. The predicted molar refractivity (Wildman–Crippen MR) is 70.9 cm³/mol. The van der Waals surface area contributed by atoms with Crippen molar-refractivity contribution in [2.75, 3.05) is 5.73 Å². The number of hydrogen-bond donors (Lipinski definition) is 2. The maximum Gasteiger partial charge on any atom is 0.253 e. The second-order valence-corrected chi connectivity index (χ2v) is 4.21. The number of nitrogens with one attached hydrogen (secondary N) is 1. The number of nitrogens with zero attached hydrogens (tertiary/aromatic N) is 1. The number of carbonyl (C=O) groups excluding carboxylic acids is 1. The molecule has 2 aromatic rings. The third kappa shape index (κ3) is 3.07. The highest BCUT2D eigenvalue weighted by molar-refractivity contribution is 5.99. The van der Waals surface area contributed by atoms with E-state index in [0.29, 0.717) is 0 Å². The molecular weight excluding hydrogens is 245 g/mol. The third-order valence-electron chi connectivity index (χ3n) is 2.79. The fraction of sp³-hybridized carbons (Fsp3) is 0.143. The van der Waals surface area contributed by atoms with Crippen LogP contribution < -0.4 is 11.1 Å². The minimum absolute atomic E-state index is 0.135. The van der Waals surface area contributed by atoms with Crippen molar-refractivity contribution < 1.29 is 9.18 Å². The van der Waals surface area contributed by atoms with Gasteiger partial charge in [0.1, 0.15) is 5.82 Å². The smallest absolute Gasteiger partial charge is 0.253 e. The molecule has 1 atom stereocenters. The summed E-state index contributed by atoms with van der Waals surface area (Å²) >= 11 is 0. The number of hydrogen-bond acceptors (Lipinski definition) is 3. The largest absolute Gasteiger partial charge is 0.398 e. The normalized spacial score (nSPS) is 11.9. The van der Waals surface area contributed by atoms with Crippen molar-refractivity contribution in [3.63, 3.8) is 0 Å². The first-order valence-corrected chi connectivity index (χ1v) is 5.83. The summed E-state index contributed by atoms with van der Waals surface area (Å²) in [4.78, 5) is 16.0. The Morgan fingerprint density at radius 1 is 1.42 bits per heavy atom. The van der Waals surface area contributed by atoms with E-state index >= 15 is 0 Å². The van der Waals surface area contributed by atoms with E-state index < -0.39 is 11.7 Å². The van der Waals surface area contributed by atoms with Crippen molar-refractivity contribution in [3.05, 3.63) is 59.7 Å². The summed E-state index contributed by atoms with van der Waals surface area (Å²) in [6, 6.07) is 7.13. The molecule has 3 N–H and O–H groups in total. The van der Waals surface area contributed by atoms with E-state index in [4.69, 9.17) is 5.73 Å². The topological polar surface area (TPSA) is 68.0 Å². The Kier molecular flexibility index (Phi) is 3.75. The molecule has 0 saturated carbocycles. The lowest BCUT2D eigenvalue weighted by atomic mass is 10.1. The third-order valence-corrected chi connectivity index (χ3v) is 2.79. The van der Waals surface area contributed by atoms with E-state index in [1.165, 1.54) is 12.1 Å². The van der Waals surface area contributed by atoms with Gasteiger partial charge in [0.2, 0.25) is 0 Å². The number of carbonyl (C=O) groups is 1. The maximum absolute atomic E-state index is 13.1. The molecular formula is C14H14FN3O. The van der Waals surface area contributed by atoms with E-state index in [-0.39, 0.29) is 17.3 Å². The van der Waals surface area contributed by atoms with Crippen molar-refractivity contribution in [2.24, 2.45) is 0 Å². The summed E-state index contributed by atoms with van der Waals surface area (Å²) in [7, 11) is 0. The number of aromatic nitrogens is 1. The molecule has 0 bridgehead atoms. The van der Waals surface area contributed by atoms with Crippen LogP contribution in [0.25, 0.3) is 0 Å². The second-order valence-electron chi connectivity index (χ2n) is 4.21. The highest BCUT2D eigenvalue weighted by Crippen LogP contribution is 2.16. The number of amides is 1. The molecule has 0 aliphatic carbocycles. The van der Waals surface area contributed by atoms with Gasteiger partial charge in [0.15, 0.2) is 0 Å². The number of pyridine rings is 1. The minimum atomic E-state index is -0.492. The van der Waals surface area contributed by atoms with Crippen LogP contribution in [0.5, 0.6) is 0 Å². The highest BCUT2D eigenvalue weighted by atomic mass is 19.1. The SMILES string of the molecule is C[C@H](NC(=O)c1cc(F)ccc1N)c1cccnc1. The van der Waals surface area contributed by atoms with Crippen molar-refractivity contribution in [1.82, 2.24) is 10.3 Å². The Hall–Kier alpha value is -2.43. The van der Waals surface area contributed by atoms with Crippen molar-refractivity contribution in [2.45, 2.75) is 13.0 Å². The van der Waals surface area contributed by atoms with Crippen LogP contribution in [0.4, 0.5) is 10.1 Å². The van der Waals surface area contributed by atoms with E-state index in [9.17, 15) is 9.18 Å². The van der Waals surface area contributed by atoms with Gasteiger partial charge in [-0.3, -0.25) is 9.78 Å². The molecule has 0 fully saturated rings. The molecule has 2 rings (SSSR count). The Morgan fingerprint density at radius 2 is 2.21 bits per heavy atom. The minimum Gasteiger partial charge on any atom is -0.398 e. The van der Waals surface area contributed by atoms with E-state index in [1.54, 1.807) is 18.5 Å². The van der Waals surface area contributed by atoms with Gasteiger partial charge >= 0.3 is 0 Å². The first kappa shape index (κ1) is 13.0. The standard InChI is InChI=1S/C14H14FN3O/c1-9(10-3-2-6-17-8-10)18-14(19)12-7-11(15)4-5-13(12)16/h2-9H,16H2,1H3,(H,18,19)/t9-/m0/s1. The Bertz CT molecular complexity index is 586. The van der Waals surface area contributed by atoms with Gasteiger partial charge < -0.3 is 11.1 Å². The van der Waals surface area contributed by atoms with Crippen molar-refractivity contribution in [1.29, 1.82) is 0 Å². The van der Waals surface area contributed by atoms with Crippen molar-refractivity contribution in [3.8, 4) is 0 Å². The summed E-state index contributed by atoms with van der Waals surface area (Å²) in [5.41, 5.74) is 6.91. The number of halogens is 1. The van der Waals surface area contributed by atoms with Gasteiger partial charge in [0.25, 0.3) is 5.91 Å². The van der Waals surface area contributed by atoms with Crippen LogP contribution in [-0.4, -0.2) is 10.9 Å². The van der Waals surface area contributed by atoms with Gasteiger partial charge in [-0.1, -0.05) is 6.07 Å². The second kappa shape index (κ2) is 5.48. The first-order chi connectivity index (χ1) is 9.08.